The second-order valence-corrected chi connectivity index (χ2v) is 8.20. The first-order chi connectivity index (χ1) is 14.6. The smallest absolute Gasteiger partial charge is 0.231 e. The van der Waals surface area contributed by atoms with Gasteiger partial charge in [-0.05, 0) is 30.7 Å². The molecule has 156 valence electrons. The Morgan fingerprint density at radius 2 is 1.70 bits per heavy atom. The summed E-state index contributed by atoms with van der Waals surface area (Å²) in [6, 6.07) is 14.3. The van der Waals surface area contributed by atoms with Crippen molar-refractivity contribution in [2.24, 2.45) is 7.05 Å². The third kappa shape index (κ3) is 3.46. The van der Waals surface area contributed by atoms with E-state index in [0.717, 1.165) is 66.4 Å². The Morgan fingerprint density at radius 3 is 2.53 bits per heavy atom. The first-order valence-electron chi connectivity index (χ1n) is 10.5. The van der Waals surface area contributed by atoms with Crippen molar-refractivity contribution < 1.29 is 14.3 Å². The Labute approximate surface area is 176 Å². The Kier molecular flexibility index (Phi) is 4.97. The van der Waals surface area contributed by atoms with Gasteiger partial charge in [0.25, 0.3) is 0 Å². The largest absolute Gasteiger partial charge is 0.454 e. The molecule has 5 rings (SSSR count). The maximum atomic E-state index is 13.1. The van der Waals surface area contributed by atoms with Gasteiger partial charge in [0, 0.05) is 61.9 Å². The van der Waals surface area contributed by atoms with E-state index >= 15 is 0 Å². The van der Waals surface area contributed by atoms with E-state index in [1.54, 1.807) is 0 Å². The van der Waals surface area contributed by atoms with Gasteiger partial charge in [0.05, 0.1) is 6.54 Å². The van der Waals surface area contributed by atoms with E-state index in [0.29, 0.717) is 13.3 Å². The van der Waals surface area contributed by atoms with Crippen molar-refractivity contribution >= 4 is 16.7 Å². The van der Waals surface area contributed by atoms with Crippen LogP contribution in [-0.2, 0) is 13.6 Å². The van der Waals surface area contributed by atoms with E-state index in [4.69, 9.17) is 9.47 Å². The molecule has 1 fully saturated rings. The number of rotatable bonds is 5. The van der Waals surface area contributed by atoms with Gasteiger partial charge in [0.15, 0.2) is 17.3 Å². The first kappa shape index (κ1) is 19.2. The fraction of sp³-hybridized carbons (Fsp3) is 0.375. The third-order valence-corrected chi connectivity index (χ3v) is 6.35. The van der Waals surface area contributed by atoms with Crippen molar-refractivity contribution in [2.75, 3.05) is 39.5 Å². The number of nitrogens with zero attached hydrogens (tertiary/aromatic N) is 3. The van der Waals surface area contributed by atoms with Gasteiger partial charge in [0.1, 0.15) is 0 Å². The highest BCUT2D eigenvalue weighted by Crippen LogP contribution is 2.33. The molecule has 0 aliphatic carbocycles. The number of aromatic nitrogens is 1. The molecule has 0 amide bonds. The summed E-state index contributed by atoms with van der Waals surface area (Å²) in [7, 11) is 2.03. The SMILES string of the molecule is Cc1c(C(=O)CN2CCN(Cc3ccc4c(c3)OCO4)CC2)c2ccccc2n1C. The summed E-state index contributed by atoms with van der Waals surface area (Å²) in [5.74, 6) is 1.88. The number of piperazine rings is 1. The van der Waals surface area contributed by atoms with Crippen LogP contribution in [0.4, 0.5) is 0 Å². The highest BCUT2D eigenvalue weighted by atomic mass is 16.7. The van der Waals surface area contributed by atoms with Crippen molar-refractivity contribution in [1.29, 1.82) is 0 Å². The molecular weight excluding hydrogens is 378 g/mol. The van der Waals surface area contributed by atoms with Crippen molar-refractivity contribution in [1.82, 2.24) is 14.4 Å². The van der Waals surface area contributed by atoms with Gasteiger partial charge < -0.3 is 14.0 Å². The number of para-hydroxylation sites is 1. The Morgan fingerprint density at radius 1 is 0.967 bits per heavy atom. The number of fused-ring (bicyclic) bond motifs is 2. The molecule has 0 saturated carbocycles. The minimum Gasteiger partial charge on any atom is -0.454 e. The first-order valence-corrected chi connectivity index (χ1v) is 10.5. The number of ketones is 1. The van der Waals surface area contributed by atoms with Crippen molar-refractivity contribution in [3.8, 4) is 11.5 Å². The van der Waals surface area contributed by atoms with E-state index in [-0.39, 0.29) is 5.78 Å². The molecule has 1 aromatic heterocycles. The number of hydrogen-bond acceptors (Lipinski definition) is 5. The summed E-state index contributed by atoms with van der Waals surface area (Å²) in [6.45, 7) is 7.43. The number of hydrogen-bond donors (Lipinski definition) is 0. The molecule has 2 aromatic carbocycles. The van der Waals surface area contributed by atoms with Crippen LogP contribution >= 0.6 is 0 Å². The van der Waals surface area contributed by atoms with E-state index in [9.17, 15) is 4.79 Å². The number of Topliss-reactive ketones (excluding diaryl/α,β-unsaturated/α-hetero) is 1. The lowest BCUT2D eigenvalue weighted by molar-refractivity contribution is 0.0844. The summed E-state index contributed by atoms with van der Waals surface area (Å²) >= 11 is 0. The van der Waals surface area contributed by atoms with Gasteiger partial charge in [-0.3, -0.25) is 14.6 Å². The standard InChI is InChI=1S/C24H27N3O3/c1-17-24(19-5-3-4-6-20(19)25(17)2)21(28)15-27-11-9-26(10-12-27)14-18-7-8-22-23(13-18)30-16-29-22/h3-8,13H,9-12,14-16H2,1-2H3. The zero-order valence-corrected chi connectivity index (χ0v) is 17.6. The number of carbonyl (C=O) groups is 1. The fourth-order valence-electron chi connectivity index (χ4n) is 4.56. The molecule has 2 aliphatic heterocycles. The van der Waals surface area contributed by atoms with E-state index in [1.807, 2.05) is 32.2 Å². The van der Waals surface area contributed by atoms with Gasteiger partial charge in [-0.15, -0.1) is 0 Å². The minimum atomic E-state index is 0.216. The van der Waals surface area contributed by atoms with E-state index in [1.165, 1.54) is 5.56 Å². The molecule has 0 spiro atoms. The lowest BCUT2D eigenvalue weighted by Gasteiger charge is -2.34. The van der Waals surface area contributed by atoms with Gasteiger partial charge in [-0.2, -0.15) is 0 Å². The molecule has 0 N–H and O–H groups in total. The molecule has 0 bridgehead atoms. The van der Waals surface area contributed by atoms with E-state index < -0.39 is 0 Å². The van der Waals surface area contributed by atoms with Gasteiger partial charge >= 0.3 is 0 Å². The quantitative estimate of drug-likeness (QED) is 0.610. The molecule has 30 heavy (non-hydrogen) atoms. The van der Waals surface area contributed by atoms with Crippen molar-refractivity contribution in [3.05, 3.63) is 59.3 Å². The van der Waals surface area contributed by atoms with Crippen LogP contribution in [0.25, 0.3) is 10.9 Å². The Hall–Kier alpha value is -2.83. The molecule has 3 aromatic rings. The lowest BCUT2D eigenvalue weighted by atomic mass is 10.1. The summed E-state index contributed by atoms with van der Waals surface area (Å²) in [5.41, 5.74) is 4.26. The monoisotopic (exact) mass is 405 g/mol. The summed E-state index contributed by atoms with van der Waals surface area (Å²) in [4.78, 5) is 17.9. The van der Waals surface area contributed by atoms with Crippen LogP contribution in [0.3, 0.4) is 0 Å². The van der Waals surface area contributed by atoms with Crippen LogP contribution in [-0.4, -0.2) is 59.7 Å². The van der Waals surface area contributed by atoms with Crippen molar-refractivity contribution in [2.45, 2.75) is 13.5 Å². The Balaban J connectivity index is 1.21. The van der Waals surface area contributed by atoms with Crippen LogP contribution < -0.4 is 9.47 Å². The van der Waals surface area contributed by atoms with Crippen LogP contribution in [0, 0.1) is 6.92 Å². The predicted molar refractivity (Wildman–Crippen MR) is 116 cm³/mol. The molecule has 0 unspecified atom stereocenters. The van der Waals surface area contributed by atoms with E-state index in [2.05, 4.69) is 38.6 Å². The maximum absolute atomic E-state index is 13.1. The highest BCUT2D eigenvalue weighted by molar-refractivity contribution is 6.10. The normalized spacial score (nSPS) is 17.0. The van der Waals surface area contributed by atoms with Crippen LogP contribution in [0.5, 0.6) is 11.5 Å². The highest BCUT2D eigenvalue weighted by Gasteiger charge is 2.24. The fourth-order valence-corrected chi connectivity index (χ4v) is 4.56. The van der Waals surface area contributed by atoms with Crippen LogP contribution in [0.15, 0.2) is 42.5 Å². The van der Waals surface area contributed by atoms with Gasteiger partial charge in [0.2, 0.25) is 6.79 Å². The topological polar surface area (TPSA) is 46.9 Å². The van der Waals surface area contributed by atoms with Crippen LogP contribution in [0.2, 0.25) is 0 Å². The molecule has 0 radical (unpaired) electrons. The zero-order valence-electron chi connectivity index (χ0n) is 17.6. The summed E-state index contributed by atoms with van der Waals surface area (Å²) in [5, 5.41) is 1.06. The summed E-state index contributed by atoms with van der Waals surface area (Å²) in [6.07, 6.45) is 0. The second kappa shape index (κ2) is 7.78. The third-order valence-electron chi connectivity index (χ3n) is 6.35. The molecule has 0 atom stereocenters. The average molecular weight is 405 g/mol. The molecule has 6 heteroatoms. The van der Waals surface area contributed by atoms with Gasteiger partial charge in [-0.1, -0.05) is 24.3 Å². The van der Waals surface area contributed by atoms with Gasteiger partial charge in [-0.25, -0.2) is 0 Å². The average Bonchev–Trinajstić information content (AvgIpc) is 3.32. The molecular formula is C24H27N3O3. The lowest BCUT2D eigenvalue weighted by Crippen LogP contribution is -2.47. The molecule has 2 aliphatic rings. The molecule has 6 nitrogen and oxygen atoms in total. The number of carbonyl (C=O) groups excluding carboxylic acids is 1. The van der Waals surface area contributed by atoms with Crippen molar-refractivity contribution in [3.63, 3.8) is 0 Å². The molecule has 1 saturated heterocycles. The van der Waals surface area contributed by atoms with Crippen LogP contribution in [0.1, 0.15) is 21.6 Å². The zero-order chi connectivity index (χ0) is 20.7. The predicted octanol–water partition coefficient (Wildman–Crippen LogP) is 3.22. The summed E-state index contributed by atoms with van der Waals surface area (Å²) < 4.78 is 13.0. The number of ether oxygens (including phenoxy) is 2. The Bertz CT molecular complexity index is 1100. The maximum Gasteiger partial charge on any atom is 0.231 e. The second-order valence-electron chi connectivity index (χ2n) is 8.20. The minimum absolute atomic E-state index is 0.216. The molecule has 3 heterocycles. The number of aryl methyl sites for hydroxylation is 1. The number of benzene rings is 2.